The number of nitrogens with zero attached hydrogens (tertiary/aromatic N) is 2. The minimum atomic E-state index is -0.468. The molecular weight excluding hydrogens is 398 g/mol. The van der Waals surface area contributed by atoms with E-state index in [-0.39, 0.29) is 24.3 Å². The molecule has 1 N–H and O–H groups in total. The fourth-order valence-electron chi connectivity index (χ4n) is 3.42. The normalized spacial score (nSPS) is 20.0. The Balaban J connectivity index is 1.52. The highest BCUT2D eigenvalue weighted by atomic mass is 32.2. The van der Waals surface area contributed by atoms with E-state index < -0.39 is 5.25 Å². The number of amides is 2. The Kier molecular flexibility index (Phi) is 5.81. The van der Waals surface area contributed by atoms with Gasteiger partial charge in [0.1, 0.15) is 11.0 Å². The predicted molar refractivity (Wildman–Crippen MR) is 120 cm³/mol. The predicted octanol–water partition coefficient (Wildman–Crippen LogP) is 4.43. The highest BCUT2D eigenvalue weighted by molar-refractivity contribution is 8.15. The maximum Gasteiger partial charge on any atom is 0.242 e. The molecule has 2 aliphatic rings. The van der Waals surface area contributed by atoms with Crippen molar-refractivity contribution in [3.8, 4) is 5.75 Å². The number of benzene rings is 2. The third-order valence-electron chi connectivity index (χ3n) is 5.21. The Morgan fingerprint density at radius 3 is 2.73 bits per heavy atom. The average molecular weight is 424 g/mol. The maximum atomic E-state index is 13.1. The van der Waals surface area contributed by atoms with E-state index >= 15 is 0 Å². The van der Waals surface area contributed by atoms with Crippen molar-refractivity contribution in [2.75, 3.05) is 12.4 Å². The lowest BCUT2D eigenvalue weighted by atomic mass is 10.1. The Hall–Kier alpha value is -2.80. The van der Waals surface area contributed by atoms with Crippen molar-refractivity contribution in [1.82, 2.24) is 4.90 Å². The number of carbonyl (C=O) groups is 2. The highest BCUT2D eigenvalue weighted by Crippen LogP contribution is 2.40. The van der Waals surface area contributed by atoms with Gasteiger partial charge in [0.05, 0.1) is 18.5 Å². The van der Waals surface area contributed by atoms with Crippen LogP contribution in [0.4, 0.5) is 11.4 Å². The quantitative estimate of drug-likeness (QED) is 0.746. The number of aliphatic imine (C=N–C) groups is 1. The van der Waals surface area contributed by atoms with Crippen molar-refractivity contribution in [2.45, 2.75) is 44.4 Å². The summed E-state index contributed by atoms with van der Waals surface area (Å²) in [6.07, 6.45) is 2.06. The van der Waals surface area contributed by atoms with Crippen LogP contribution in [0.25, 0.3) is 0 Å². The van der Waals surface area contributed by atoms with Gasteiger partial charge in [-0.2, -0.15) is 0 Å². The van der Waals surface area contributed by atoms with E-state index in [2.05, 4.69) is 11.4 Å². The minimum Gasteiger partial charge on any atom is -0.495 e. The number of hydrogen-bond donors (Lipinski definition) is 1. The van der Waals surface area contributed by atoms with Crippen molar-refractivity contribution in [1.29, 1.82) is 0 Å². The fraction of sp³-hybridized carbons (Fsp3) is 0.348. The summed E-state index contributed by atoms with van der Waals surface area (Å²) in [6, 6.07) is 13.6. The van der Waals surface area contributed by atoms with Crippen LogP contribution in [0.2, 0.25) is 0 Å². The van der Waals surface area contributed by atoms with Gasteiger partial charge in [-0.15, -0.1) is 0 Å². The van der Waals surface area contributed by atoms with Crippen LogP contribution < -0.4 is 10.1 Å². The first-order valence-electron chi connectivity index (χ1n) is 10.0. The van der Waals surface area contributed by atoms with E-state index in [1.807, 2.05) is 38.1 Å². The van der Waals surface area contributed by atoms with Crippen molar-refractivity contribution in [2.24, 2.45) is 4.99 Å². The number of para-hydroxylation sites is 2. The van der Waals surface area contributed by atoms with Gasteiger partial charge in [0, 0.05) is 12.5 Å². The van der Waals surface area contributed by atoms with Gasteiger partial charge in [-0.1, -0.05) is 36.0 Å². The second-order valence-electron chi connectivity index (χ2n) is 7.68. The molecule has 7 heteroatoms. The summed E-state index contributed by atoms with van der Waals surface area (Å²) < 4.78 is 5.28. The third kappa shape index (κ3) is 4.36. The molecule has 1 heterocycles. The number of methoxy groups -OCH3 is 1. The Morgan fingerprint density at radius 1 is 1.23 bits per heavy atom. The standard InChI is InChI=1S/C23H25N3O3S/c1-14-8-9-15(2)18(12-14)25-23-26(16-10-11-16)22(28)20(30-23)13-21(27)24-17-6-4-5-7-19(17)29-3/h4-9,12,16,20H,10-11,13H2,1-3H3,(H,24,27)/t20-/m1/s1. The van der Waals surface area contributed by atoms with Crippen molar-refractivity contribution in [3.05, 3.63) is 53.6 Å². The summed E-state index contributed by atoms with van der Waals surface area (Å²) in [5.74, 6) is 0.351. The summed E-state index contributed by atoms with van der Waals surface area (Å²) in [7, 11) is 1.56. The monoisotopic (exact) mass is 423 g/mol. The number of anilines is 1. The van der Waals surface area contributed by atoms with Crippen LogP contribution in [0.3, 0.4) is 0 Å². The van der Waals surface area contributed by atoms with Crippen LogP contribution in [-0.2, 0) is 9.59 Å². The topological polar surface area (TPSA) is 71.0 Å². The number of thioether (sulfide) groups is 1. The zero-order chi connectivity index (χ0) is 21.3. The molecule has 0 unspecified atom stereocenters. The number of carbonyl (C=O) groups excluding carboxylic acids is 2. The molecular formula is C23H25N3O3S. The van der Waals surface area contributed by atoms with Gasteiger partial charge in [-0.05, 0) is 56.0 Å². The zero-order valence-corrected chi connectivity index (χ0v) is 18.2. The first kappa shape index (κ1) is 20.5. The molecule has 1 saturated carbocycles. The minimum absolute atomic E-state index is 0.0262. The van der Waals surface area contributed by atoms with Gasteiger partial charge in [-0.3, -0.25) is 14.5 Å². The number of amidine groups is 1. The average Bonchev–Trinajstić information content (AvgIpc) is 3.51. The van der Waals surface area contributed by atoms with Gasteiger partial charge in [-0.25, -0.2) is 4.99 Å². The molecule has 0 spiro atoms. The van der Waals surface area contributed by atoms with Crippen LogP contribution >= 0.6 is 11.8 Å². The molecule has 1 aliphatic carbocycles. The highest BCUT2D eigenvalue weighted by Gasteiger charge is 2.46. The third-order valence-corrected chi connectivity index (χ3v) is 6.36. The van der Waals surface area contributed by atoms with Crippen LogP contribution in [-0.4, -0.2) is 40.3 Å². The zero-order valence-electron chi connectivity index (χ0n) is 17.3. The Labute approximate surface area is 180 Å². The maximum absolute atomic E-state index is 13.1. The lowest BCUT2D eigenvalue weighted by Gasteiger charge is -2.15. The molecule has 1 atom stereocenters. The molecule has 0 aromatic heterocycles. The van der Waals surface area contributed by atoms with Crippen LogP contribution in [0, 0.1) is 13.8 Å². The van der Waals surface area contributed by atoms with Gasteiger partial charge >= 0.3 is 0 Å². The molecule has 2 aromatic rings. The molecule has 1 aliphatic heterocycles. The summed E-state index contributed by atoms with van der Waals surface area (Å²) >= 11 is 1.39. The van der Waals surface area contributed by atoms with E-state index in [1.54, 1.807) is 24.1 Å². The summed E-state index contributed by atoms with van der Waals surface area (Å²) in [6.45, 7) is 4.04. The molecule has 30 heavy (non-hydrogen) atoms. The SMILES string of the molecule is COc1ccccc1NC(=O)C[C@H]1SC(=Nc2cc(C)ccc2C)N(C2CC2)C1=O. The second-order valence-corrected chi connectivity index (χ2v) is 8.85. The lowest BCUT2D eigenvalue weighted by molar-refractivity contribution is -0.128. The largest absolute Gasteiger partial charge is 0.495 e. The molecule has 156 valence electrons. The molecule has 2 aromatic carbocycles. The molecule has 2 fully saturated rings. The number of rotatable bonds is 6. The van der Waals surface area contributed by atoms with E-state index in [0.29, 0.717) is 16.6 Å². The van der Waals surface area contributed by atoms with Crippen LogP contribution in [0.15, 0.2) is 47.5 Å². The Morgan fingerprint density at radius 2 is 2.00 bits per heavy atom. The molecule has 6 nitrogen and oxygen atoms in total. The molecule has 1 saturated heterocycles. The van der Waals surface area contributed by atoms with Crippen molar-refractivity contribution >= 4 is 40.1 Å². The summed E-state index contributed by atoms with van der Waals surface area (Å²) in [5, 5.41) is 3.09. The number of hydrogen-bond acceptors (Lipinski definition) is 5. The van der Waals surface area contributed by atoms with Gasteiger partial charge < -0.3 is 10.1 Å². The van der Waals surface area contributed by atoms with Gasteiger partial charge in [0.25, 0.3) is 0 Å². The van der Waals surface area contributed by atoms with Crippen molar-refractivity contribution in [3.63, 3.8) is 0 Å². The molecule has 0 bridgehead atoms. The van der Waals surface area contributed by atoms with Gasteiger partial charge in [0.2, 0.25) is 11.8 Å². The number of aryl methyl sites for hydroxylation is 2. The van der Waals surface area contributed by atoms with Crippen molar-refractivity contribution < 1.29 is 14.3 Å². The van der Waals surface area contributed by atoms with E-state index in [0.717, 1.165) is 29.7 Å². The van der Waals surface area contributed by atoms with E-state index in [9.17, 15) is 9.59 Å². The smallest absolute Gasteiger partial charge is 0.242 e. The van der Waals surface area contributed by atoms with Crippen LogP contribution in [0.1, 0.15) is 30.4 Å². The van der Waals surface area contributed by atoms with E-state index in [4.69, 9.17) is 9.73 Å². The van der Waals surface area contributed by atoms with E-state index in [1.165, 1.54) is 11.8 Å². The first-order chi connectivity index (χ1) is 14.5. The fourth-order valence-corrected chi connectivity index (χ4v) is 4.63. The summed E-state index contributed by atoms with van der Waals surface area (Å²) in [4.78, 5) is 32.3. The van der Waals surface area contributed by atoms with Gasteiger partial charge in [0.15, 0.2) is 5.17 Å². The van der Waals surface area contributed by atoms with Crippen LogP contribution in [0.5, 0.6) is 5.75 Å². The lowest BCUT2D eigenvalue weighted by Crippen LogP contribution is -2.35. The Bertz CT molecular complexity index is 1020. The number of nitrogens with one attached hydrogen (secondary N) is 1. The first-order valence-corrected chi connectivity index (χ1v) is 10.9. The second kappa shape index (κ2) is 8.52. The molecule has 4 rings (SSSR count). The molecule has 2 amide bonds. The number of ether oxygens (including phenoxy) is 1. The summed E-state index contributed by atoms with van der Waals surface area (Å²) in [5.41, 5.74) is 3.66. The molecule has 0 radical (unpaired) electrons.